The van der Waals surface area contributed by atoms with Gasteiger partial charge in [0.1, 0.15) is 11.6 Å². The van der Waals surface area contributed by atoms with Crippen LogP contribution in [-0.4, -0.2) is 37.8 Å². The Balaban J connectivity index is 1.58. The SMILES string of the molecule is CCc1nnc2n1CC1CCC(C2)N1C(=O)Nc1cccc(C)c1C. The van der Waals surface area contributed by atoms with Crippen molar-refractivity contribution in [1.29, 1.82) is 0 Å². The molecule has 2 aliphatic heterocycles. The fourth-order valence-electron chi connectivity index (χ4n) is 4.16. The minimum absolute atomic E-state index is 0.0120. The average molecular weight is 339 g/mol. The van der Waals surface area contributed by atoms with Gasteiger partial charge in [-0.05, 0) is 43.9 Å². The van der Waals surface area contributed by atoms with Gasteiger partial charge < -0.3 is 14.8 Å². The van der Waals surface area contributed by atoms with E-state index in [2.05, 4.69) is 51.8 Å². The Morgan fingerprint density at radius 2 is 2.04 bits per heavy atom. The molecule has 2 aliphatic rings. The molecule has 3 heterocycles. The van der Waals surface area contributed by atoms with Crippen molar-refractivity contribution in [2.24, 2.45) is 0 Å². The standard InChI is InChI=1S/C19H25N5O/c1-4-17-21-22-18-10-14-8-9-15(11-23(17)18)24(14)19(25)20-16-7-5-6-12(2)13(16)3/h5-7,14-15H,4,8-11H2,1-3H3,(H,20,25). The van der Waals surface area contributed by atoms with E-state index in [0.29, 0.717) is 0 Å². The summed E-state index contributed by atoms with van der Waals surface area (Å²) in [5.41, 5.74) is 3.22. The molecule has 1 N–H and O–H groups in total. The highest BCUT2D eigenvalue weighted by Gasteiger charge is 2.41. The van der Waals surface area contributed by atoms with Crippen LogP contribution in [0.2, 0.25) is 0 Å². The van der Waals surface area contributed by atoms with Gasteiger partial charge in [0.25, 0.3) is 0 Å². The van der Waals surface area contributed by atoms with Crippen molar-refractivity contribution in [2.45, 2.75) is 65.1 Å². The number of hydrogen-bond acceptors (Lipinski definition) is 3. The van der Waals surface area contributed by atoms with E-state index >= 15 is 0 Å². The molecular weight excluding hydrogens is 314 g/mol. The van der Waals surface area contributed by atoms with Crippen molar-refractivity contribution in [3.05, 3.63) is 41.0 Å². The predicted octanol–water partition coefficient (Wildman–Crippen LogP) is 3.08. The lowest BCUT2D eigenvalue weighted by Crippen LogP contribution is -2.44. The molecule has 2 atom stereocenters. The number of rotatable bonds is 2. The number of urea groups is 1. The summed E-state index contributed by atoms with van der Waals surface area (Å²) < 4.78 is 2.22. The van der Waals surface area contributed by atoms with Crippen molar-refractivity contribution in [1.82, 2.24) is 19.7 Å². The van der Waals surface area contributed by atoms with Gasteiger partial charge in [-0.3, -0.25) is 0 Å². The summed E-state index contributed by atoms with van der Waals surface area (Å²) in [5, 5.41) is 11.8. The summed E-state index contributed by atoms with van der Waals surface area (Å²) in [4.78, 5) is 15.1. The molecule has 25 heavy (non-hydrogen) atoms. The molecule has 6 nitrogen and oxygen atoms in total. The number of aryl methyl sites for hydroxylation is 2. The molecule has 2 amide bonds. The second-order valence-electron chi connectivity index (χ2n) is 7.17. The van der Waals surface area contributed by atoms with E-state index in [4.69, 9.17) is 0 Å². The zero-order valence-corrected chi connectivity index (χ0v) is 15.1. The molecule has 4 rings (SSSR count). The molecule has 1 aromatic heterocycles. The number of aromatic nitrogens is 3. The summed E-state index contributed by atoms with van der Waals surface area (Å²) in [7, 11) is 0. The summed E-state index contributed by atoms with van der Waals surface area (Å²) in [6.07, 6.45) is 3.76. The topological polar surface area (TPSA) is 63.1 Å². The molecule has 2 bridgehead atoms. The lowest BCUT2D eigenvalue weighted by molar-refractivity contribution is 0.184. The minimum Gasteiger partial charge on any atom is -0.316 e. The first-order valence-electron chi connectivity index (χ1n) is 9.15. The van der Waals surface area contributed by atoms with Crippen molar-refractivity contribution >= 4 is 11.7 Å². The summed E-state index contributed by atoms with van der Waals surface area (Å²) in [6.45, 7) is 7.03. The Morgan fingerprint density at radius 1 is 1.24 bits per heavy atom. The van der Waals surface area contributed by atoms with Crippen LogP contribution in [0.5, 0.6) is 0 Å². The number of nitrogens with zero attached hydrogens (tertiary/aromatic N) is 4. The van der Waals surface area contributed by atoms with Crippen LogP contribution in [0, 0.1) is 13.8 Å². The number of hydrogen-bond donors (Lipinski definition) is 1. The Morgan fingerprint density at radius 3 is 2.84 bits per heavy atom. The Bertz CT molecular complexity index is 812. The molecule has 1 saturated heterocycles. The van der Waals surface area contributed by atoms with E-state index < -0.39 is 0 Å². The lowest BCUT2D eigenvalue weighted by Gasteiger charge is -2.28. The first-order valence-corrected chi connectivity index (χ1v) is 9.15. The van der Waals surface area contributed by atoms with Crippen LogP contribution in [0.3, 0.4) is 0 Å². The van der Waals surface area contributed by atoms with E-state index in [-0.39, 0.29) is 18.1 Å². The summed E-state index contributed by atoms with van der Waals surface area (Å²) >= 11 is 0. The number of nitrogens with one attached hydrogen (secondary N) is 1. The molecule has 1 aromatic carbocycles. The molecule has 0 spiro atoms. The maximum atomic E-state index is 13.0. The van der Waals surface area contributed by atoms with Crippen LogP contribution < -0.4 is 5.32 Å². The molecule has 0 saturated carbocycles. The van der Waals surface area contributed by atoms with Crippen molar-refractivity contribution in [3.8, 4) is 0 Å². The van der Waals surface area contributed by atoms with Crippen molar-refractivity contribution < 1.29 is 4.79 Å². The van der Waals surface area contributed by atoms with Crippen LogP contribution in [0.1, 0.15) is 42.5 Å². The van der Waals surface area contributed by atoms with Crippen LogP contribution in [0.4, 0.5) is 10.5 Å². The highest BCUT2D eigenvalue weighted by molar-refractivity contribution is 5.91. The first kappa shape index (κ1) is 16.1. The van der Waals surface area contributed by atoms with Gasteiger partial charge in [-0.2, -0.15) is 0 Å². The molecule has 0 radical (unpaired) electrons. The van der Waals surface area contributed by atoms with E-state index in [1.165, 1.54) is 5.56 Å². The quantitative estimate of drug-likeness (QED) is 0.914. The highest BCUT2D eigenvalue weighted by Crippen LogP contribution is 2.32. The van der Waals surface area contributed by atoms with Crippen LogP contribution in [0.15, 0.2) is 18.2 Å². The number of carbonyl (C=O) groups is 1. The van der Waals surface area contributed by atoms with Crippen molar-refractivity contribution in [3.63, 3.8) is 0 Å². The number of amides is 2. The van der Waals surface area contributed by atoms with Gasteiger partial charge in [0, 0.05) is 31.1 Å². The van der Waals surface area contributed by atoms with Gasteiger partial charge in [0.2, 0.25) is 0 Å². The number of carbonyl (C=O) groups excluding carboxylic acids is 1. The van der Waals surface area contributed by atoms with E-state index in [0.717, 1.165) is 55.1 Å². The van der Waals surface area contributed by atoms with E-state index in [1.807, 2.05) is 12.1 Å². The van der Waals surface area contributed by atoms with Gasteiger partial charge in [-0.25, -0.2) is 4.79 Å². The highest BCUT2D eigenvalue weighted by atomic mass is 16.2. The summed E-state index contributed by atoms with van der Waals surface area (Å²) in [6, 6.07) is 6.48. The second kappa shape index (κ2) is 6.17. The Labute approximate surface area is 148 Å². The van der Waals surface area contributed by atoms with Gasteiger partial charge in [0.05, 0.1) is 6.04 Å². The molecule has 0 aliphatic carbocycles. The Kier molecular flexibility index (Phi) is 3.98. The van der Waals surface area contributed by atoms with Gasteiger partial charge in [-0.15, -0.1) is 10.2 Å². The van der Waals surface area contributed by atoms with Gasteiger partial charge >= 0.3 is 6.03 Å². The molecule has 6 heteroatoms. The minimum atomic E-state index is 0.0120. The third-order valence-corrected chi connectivity index (χ3v) is 5.73. The van der Waals surface area contributed by atoms with Crippen LogP contribution in [0.25, 0.3) is 0 Å². The zero-order valence-electron chi connectivity index (χ0n) is 15.1. The maximum absolute atomic E-state index is 13.0. The molecule has 2 unspecified atom stereocenters. The monoisotopic (exact) mass is 339 g/mol. The number of fused-ring (bicyclic) bond motifs is 3. The first-order chi connectivity index (χ1) is 12.1. The fourth-order valence-corrected chi connectivity index (χ4v) is 4.16. The lowest BCUT2D eigenvalue weighted by atomic mass is 10.1. The zero-order chi connectivity index (χ0) is 17.6. The fraction of sp³-hybridized carbons (Fsp3) is 0.526. The predicted molar refractivity (Wildman–Crippen MR) is 96.7 cm³/mol. The van der Waals surface area contributed by atoms with Crippen molar-refractivity contribution in [2.75, 3.05) is 5.32 Å². The maximum Gasteiger partial charge on any atom is 0.322 e. The number of benzene rings is 1. The third-order valence-electron chi connectivity index (χ3n) is 5.73. The second-order valence-corrected chi connectivity index (χ2v) is 7.17. The third kappa shape index (κ3) is 2.69. The largest absolute Gasteiger partial charge is 0.322 e. The molecule has 2 aromatic rings. The normalized spacial score (nSPS) is 21.8. The molecule has 132 valence electrons. The molecule has 1 fully saturated rings. The smallest absolute Gasteiger partial charge is 0.316 e. The Hall–Kier alpha value is -2.37. The molecular formula is C19H25N5O. The van der Waals surface area contributed by atoms with E-state index in [9.17, 15) is 4.79 Å². The van der Waals surface area contributed by atoms with Gasteiger partial charge in [-0.1, -0.05) is 19.1 Å². The average Bonchev–Trinajstić information content (AvgIpc) is 3.11. The van der Waals surface area contributed by atoms with Crippen LogP contribution in [-0.2, 0) is 19.4 Å². The van der Waals surface area contributed by atoms with Gasteiger partial charge in [0.15, 0.2) is 0 Å². The van der Waals surface area contributed by atoms with E-state index in [1.54, 1.807) is 0 Å². The number of anilines is 1. The van der Waals surface area contributed by atoms with Crippen LogP contribution >= 0.6 is 0 Å². The summed E-state index contributed by atoms with van der Waals surface area (Å²) in [5.74, 6) is 2.05.